The van der Waals surface area contributed by atoms with Crippen LogP contribution in [-0.4, -0.2) is 71.9 Å². The molecule has 1 unspecified atom stereocenters. The fraction of sp³-hybridized carbons (Fsp3) is 0.171. The van der Waals surface area contributed by atoms with E-state index in [0.29, 0.717) is 26.6 Å². The standard InChI is InChI=1S/C35H28N6O6S4/c1-20-39-40-33(51-20)50-18-21-17-48-31-26(29(44)41(31)30(21)47-34(45)46)37-28(43)27(42)25-19-49-32(36-25)38-35(22-11-5-2-6-12-22,23-13-7-3-8-14-23)24-15-9-4-10-16-24/h2-16,19,26,31H,17-18H2,1H3,(H,36,38)(H,37,43)(H,45,46)/t26?,31-/m0/s1. The summed E-state index contributed by atoms with van der Waals surface area (Å²) in [5.41, 5.74) is 2.45. The molecule has 1 fully saturated rings. The molecule has 0 spiro atoms. The van der Waals surface area contributed by atoms with Gasteiger partial charge in [0.2, 0.25) is 5.88 Å². The first-order chi connectivity index (χ1) is 24.7. The van der Waals surface area contributed by atoms with Gasteiger partial charge in [-0.05, 0) is 23.6 Å². The molecule has 12 nitrogen and oxygen atoms in total. The Balaban J connectivity index is 1.09. The minimum Gasteiger partial charge on any atom is -0.449 e. The average molecular weight is 757 g/mol. The Kier molecular flexibility index (Phi) is 9.90. The highest BCUT2D eigenvalue weighted by Crippen LogP contribution is 2.43. The number of nitrogens with zero attached hydrogens (tertiary/aromatic N) is 4. The Labute approximate surface area is 308 Å². The number of carbonyl (C=O) groups excluding carboxylic acids is 3. The molecule has 3 N–H and O–H groups in total. The molecule has 2 aliphatic rings. The molecule has 258 valence electrons. The van der Waals surface area contributed by atoms with Crippen LogP contribution in [0, 0.1) is 6.92 Å². The normalized spacial score (nSPS) is 17.0. The number of hydrogen-bond donors (Lipinski definition) is 3. The number of nitrogens with one attached hydrogen (secondary N) is 2. The van der Waals surface area contributed by atoms with Crippen LogP contribution < -0.4 is 10.6 Å². The van der Waals surface area contributed by atoms with Gasteiger partial charge >= 0.3 is 6.16 Å². The van der Waals surface area contributed by atoms with Crippen molar-refractivity contribution in [2.75, 3.05) is 16.8 Å². The van der Waals surface area contributed by atoms with Crippen molar-refractivity contribution in [1.29, 1.82) is 0 Å². The molecule has 2 amide bonds. The zero-order chi connectivity index (χ0) is 35.5. The lowest BCUT2D eigenvalue weighted by atomic mass is 9.77. The molecule has 5 aromatic rings. The van der Waals surface area contributed by atoms with E-state index in [1.165, 1.54) is 56.5 Å². The number of carboxylic acid groups (broad SMARTS) is 1. The number of amides is 2. The molecule has 0 aliphatic carbocycles. The van der Waals surface area contributed by atoms with E-state index in [2.05, 4.69) is 25.8 Å². The van der Waals surface area contributed by atoms with Crippen LogP contribution in [0.2, 0.25) is 0 Å². The number of ether oxygens (including phenoxy) is 1. The van der Waals surface area contributed by atoms with E-state index in [1.807, 2.05) is 97.9 Å². The summed E-state index contributed by atoms with van der Waals surface area (Å²) < 4.78 is 5.76. The number of carbonyl (C=O) groups is 4. The molecular weight excluding hydrogens is 729 g/mol. The minimum absolute atomic E-state index is 0.0796. The van der Waals surface area contributed by atoms with Crippen LogP contribution in [0.4, 0.5) is 9.93 Å². The number of aromatic nitrogens is 3. The van der Waals surface area contributed by atoms with Crippen molar-refractivity contribution in [3.05, 3.63) is 135 Å². The van der Waals surface area contributed by atoms with Gasteiger partial charge in [0.25, 0.3) is 17.6 Å². The third kappa shape index (κ3) is 6.87. The van der Waals surface area contributed by atoms with Gasteiger partial charge in [-0.15, -0.1) is 33.3 Å². The first-order valence-corrected chi connectivity index (χ1v) is 19.2. The topological polar surface area (TPSA) is 164 Å². The Morgan fingerprint density at radius 3 is 2.12 bits per heavy atom. The first-order valence-electron chi connectivity index (χ1n) is 15.5. The zero-order valence-electron chi connectivity index (χ0n) is 26.7. The predicted octanol–water partition coefficient (Wildman–Crippen LogP) is 5.99. The molecule has 16 heteroatoms. The second-order valence-corrected chi connectivity index (χ2v) is 15.7. The van der Waals surface area contributed by atoms with Crippen LogP contribution >= 0.6 is 46.2 Å². The first kappa shape index (κ1) is 34.4. The highest BCUT2D eigenvalue weighted by Gasteiger charge is 2.54. The summed E-state index contributed by atoms with van der Waals surface area (Å²) in [4.78, 5) is 57.3. The maximum absolute atomic E-state index is 13.4. The number of anilines is 1. The second kappa shape index (κ2) is 14.7. The second-order valence-electron chi connectivity index (χ2n) is 11.4. The van der Waals surface area contributed by atoms with E-state index in [0.717, 1.165) is 21.7 Å². The van der Waals surface area contributed by atoms with Gasteiger partial charge in [-0.3, -0.25) is 19.3 Å². The molecule has 0 saturated carbocycles. The Morgan fingerprint density at radius 2 is 1.57 bits per heavy atom. The van der Waals surface area contributed by atoms with E-state index in [-0.39, 0.29) is 11.6 Å². The van der Waals surface area contributed by atoms with Crippen LogP contribution in [0.1, 0.15) is 32.2 Å². The smallest absolute Gasteiger partial charge is 0.449 e. The van der Waals surface area contributed by atoms with E-state index in [1.54, 1.807) is 0 Å². The number of rotatable bonds is 12. The summed E-state index contributed by atoms with van der Waals surface area (Å²) in [6, 6.07) is 28.6. The summed E-state index contributed by atoms with van der Waals surface area (Å²) in [5, 5.41) is 25.7. The van der Waals surface area contributed by atoms with Crippen molar-refractivity contribution >= 4 is 75.1 Å². The molecule has 2 atom stereocenters. The summed E-state index contributed by atoms with van der Waals surface area (Å²) >= 11 is 5.28. The highest BCUT2D eigenvalue weighted by molar-refractivity contribution is 8.01. The number of Topliss-reactive ketones (excluding diaryl/α,β-unsaturated/α-hetero) is 1. The van der Waals surface area contributed by atoms with Gasteiger partial charge in [0.05, 0.1) is 0 Å². The van der Waals surface area contributed by atoms with Gasteiger partial charge in [-0.2, -0.15) is 0 Å². The summed E-state index contributed by atoms with van der Waals surface area (Å²) in [5.74, 6) is -1.90. The van der Waals surface area contributed by atoms with Crippen LogP contribution in [-0.2, 0) is 19.9 Å². The Hall–Kier alpha value is -5.03. The summed E-state index contributed by atoms with van der Waals surface area (Å²) in [6.07, 6.45) is -1.57. The molecule has 2 aliphatic heterocycles. The van der Waals surface area contributed by atoms with Gasteiger partial charge < -0.3 is 20.5 Å². The lowest BCUT2D eigenvalue weighted by molar-refractivity contribution is -0.148. The number of thiazole rings is 1. The minimum atomic E-state index is -1.57. The quantitative estimate of drug-likeness (QED) is 0.0341. The third-order valence-electron chi connectivity index (χ3n) is 8.20. The van der Waals surface area contributed by atoms with Crippen LogP contribution in [0.15, 0.2) is 112 Å². The number of thioether (sulfide) groups is 2. The number of ketones is 1. The monoisotopic (exact) mass is 756 g/mol. The SMILES string of the molecule is Cc1nnc(SCC2=C(OC(=O)O)N3C(=O)C(NC(=O)C(=O)c4csc(NC(c5ccccc5)(c5ccccc5)c5ccccc5)n4)[C@@H]3SC2)s1. The lowest BCUT2D eigenvalue weighted by Gasteiger charge is -2.49. The van der Waals surface area contributed by atoms with Gasteiger partial charge in [-0.1, -0.05) is 114 Å². The fourth-order valence-corrected chi connectivity index (χ4v) is 9.91. The maximum atomic E-state index is 13.4. The van der Waals surface area contributed by atoms with Crippen molar-refractivity contribution < 1.29 is 29.0 Å². The third-order valence-corrected chi connectivity index (χ3v) is 12.4. The predicted molar refractivity (Wildman–Crippen MR) is 196 cm³/mol. The van der Waals surface area contributed by atoms with Gasteiger partial charge in [0.1, 0.15) is 27.7 Å². The van der Waals surface area contributed by atoms with Crippen molar-refractivity contribution in [1.82, 2.24) is 25.4 Å². The molecule has 7 rings (SSSR count). The molecule has 2 aromatic heterocycles. The molecule has 3 aromatic carbocycles. The number of fused-ring (bicyclic) bond motifs is 1. The fourth-order valence-electron chi connectivity index (χ4n) is 5.89. The van der Waals surface area contributed by atoms with Crippen LogP contribution in [0.25, 0.3) is 0 Å². The maximum Gasteiger partial charge on any atom is 0.512 e. The van der Waals surface area contributed by atoms with Crippen molar-refractivity contribution in [3.8, 4) is 0 Å². The van der Waals surface area contributed by atoms with E-state index >= 15 is 0 Å². The molecule has 0 bridgehead atoms. The Bertz CT molecular complexity index is 2030. The number of aryl methyl sites for hydroxylation is 1. The lowest BCUT2D eigenvalue weighted by Crippen LogP contribution is -2.70. The molecular formula is C35H28N6O6S4. The van der Waals surface area contributed by atoms with E-state index < -0.39 is 40.7 Å². The number of hydrogen-bond acceptors (Lipinski definition) is 13. The van der Waals surface area contributed by atoms with E-state index in [9.17, 15) is 24.3 Å². The van der Waals surface area contributed by atoms with Gasteiger partial charge in [0, 0.05) is 22.5 Å². The highest BCUT2D eigenvalue weighted by atomic mass is 32.2. The summed E-state index contributed by atoms with van der Waals surface area (Å²) in [6.45, 7) is 1.83. The largest absolute Gasteiger partial charge is 0.512 e. The van der Waals surface area contributed by atoms with Crippen molar-refractivity contribution in [2.45, 2.75) is 28.2 Å². The number of β-lactam (4-membered cyclic amide) rings is 1. The van der Waals surface area contributed by atoms with Crippen LogP contribution in [0.5, 0.6) is 0 Å². The number of benzene rings is 3. The average Bonchev–Trinajstić information content (AvgIpc) is 3.81. The summed E-state index contributed by atoms with van der Waals surface area (Å²) in [7, 11) is 0. The van der Waals surface area contributed by atoms with Crippen LogP contribution in [0.3, 0.4) is 0 Å². The van der Waals surface area contributed by atoms with Gasteiger partial charge in [-0.25, -0.2) is 9.78 Å². The zero-order valence-corrected chi connectivity index (χ0v) is 30.0. The Morgan fingerprint density at radius 1 is 0.961 bits per heavy atom. The van der Waals surface area contributed by atoms with Gasteiger partial charge in [0.15, 0.2) is 9.47 Å². The van der Waals surface area contributed by atoms with Crippen molar-refractivity contribution in [2.24, 2.45) is 0 Å². The molecule has 4 heterocycles. The molecule has 0 radical (unpaired) electrons. The van der Waals surface area contributed by atoms with E-state index in [4.69, 9.17) is 4.74 Å². The molecule has 51 heavy (non-hydrogen) atoms. The van der Waals surface area contributed by atoms with Crippen molar-refractivity contribution in [3.63, 3.8) is 0 Å². The molecule has 1 saturated heterocycles.